The molecule has 0 radical (unpaired) electrons. The number of carboxylic acids is 1. The van der Waals surface area contributed by atoms with E-state index in [0.29, 0.717) is 19.1 Å². The summed E-state index contributed by atoms with van der Waals surface area (Å²) in [5.74, 6) is -1.63. The van der Waals surface area contributed by atoms with E-state index in [2.05, 4.69) is 15.5 Å². The summed E-state index contributed by atoms with van der Waals surface area (Å²) in [6.07, 6.45) is 1.98. The van der Waals surface area contributed by atoms with Crippen LogP contribution in [0.4, 0.5) is 4.79 Å². The van der Waals surface area contributed by atoms with Crippen molar-refractivity contribution in [2.24, 2.45) is 0 Å². The number of aliphatic carboxylic acids is 1. The molecular formula is C12H22N4O4. The van der Waals surface area contributed by atoms with E-state index in [9.17, 15) is 14.4 Å². The molecule has 1 atom stereocenters. The molecule has 3 N–H and O–H groups in total. The van der Waals surface area contributed by atoms with Crippen LogP contribution in [-0.4, -0.2) is 79.1 Å². The zero-order chi connectivity index (χ0) is 15.1. The Morgan fingerprint density at radius 1 is 1.25 bits per heavy atom. The van der Waals surface area contributed by atoms with Gasteiger partial charge in [-0.15, -0.1) is 0 Å². The van der Waals surface area contributed by atoms with Gasteiger partial charge in [0.1, 0.15) is 6.54 Å². The molecule has 1 heterocycles. The Kier molecular flexibility index (Phi) is 6.23. The van der Waals surface area contributed by atoms with Gasteiger partial charge in [0.05, 0.1) is 6.54 Å². The van der Waals surface area contributed by atoms with E-state index in [0.717, 1.165) is 12.8 Å². The molecule has 0 spiro atoms. The topological polar surface area (TPSA) is 102 Å². The Bertz CT molecular complexity index is 372. The number of amides is 3. The first-order chi connectivity index (χ1) is 9.40. The fourth-order valence-corrected chi connectivity index (χ4v) is 2.07. The van der Waals surface area contributed by atoms with Gasteiger partial charge in [-0.1, -0.05) is 0 Å². The second kappa shape index (κ2) is 7.68. The second-order valence-corrected chi connectivity index (χ2v) is 5.03. The number of hydrogen-bond donors (Lipinski definition) is 3. The quantitative estimate of drug-likeness (QED) is 0.597. The first-order valence-corrected chi connectivity index (χ1v) is 6.58. The third-order valence-corrected chi connectivity index (χ3v) is 3.25. The van der Waals surface area contributed by atoms with Gasteiger partial charge in [0, 0.05) is 19.1 Å². The number of likely N-dealkylation sites (tertiary alicyclic amines) is 1. The molecule has 0 aromatic heterocycles. The molecule has 0 aliphatic carbocycles. The van der Waals surface area contributed by atoms with Gasteiger partial charge in [-0.2, -0.15) is 0 Å². The van der Waals surface area contributed by atoms with Crippen molar-refractivity contribution in [3.8, 4) is 0 Å². The molecule has 0 bridgehead atoms. The summed E-state index contributed by atoms with van der Waals surface area (Å²) in [5.41, 5.74) is 0. The van der Waals surface area contributed by atoms with Crippen LogP contribution in [0.5, 0.6) is 0 Å². The highest BCUT2D eigenvalue weighted by molar-refractivity contribution is 5.86. The zero-order valence-corrected chi connectivity index (χ0v) is 11.9. The average Bonchev–Trinajstić information content (AvgIpc) is 2.42. The molecule has 3 amide bonds. The Morgan fingerprint density at radius 2 is 1.95 bits per heavy atom. The van der Waals surface area contributed by atoms with Crippen molar-refractivity contribution in [3.63, 3.8) is 0 Å². The maximum absolute atomic E-state index is 11.9. The fourth-order valence-electron chi connectivity index (χ4n) is 2.07. The summed E-state index contributed by atoms with van der Waals surface area (Å²) in [5, 5.41) is 13.1. The molecule has 1 saturated heterocycles. The molecule has 20 heavy (non-hydrogen) atoms. The van der Waals surface area contributed by atoms with Gasteiger partial charge in [0.2, 0.25) is 5.91 Å². The predicted molar refractivity (Wildman–Crippen MR) is 72.3 cm³/mol. The highest BCUT2D eigenvalue weighted by Crippen LogP contribution is 2.13. The van der Waals surface area contributed by atoms with Gasteiger partial charge in [-0.05, 0) is 26.9 Å². The molecule has 1 rings (SSSR count). The van der Waals surface area contributed by atoms with Crippen molar-refractivity contribution >= 4 is 17.9 Å². The first kappa shape index (κ1) is 16.2. The maximum atomic E-state index is 11.9. The number of carbonyl (C=O) groups is 3. The van der Waals surface area contributed by atoms with E-state index in [-0.39, 0.29) is 12.6 Å². The van der Waals surface area contributed by atoms with Crippen molar-refractivity contribution in [2.45, 2.75) is 18.9 Å². The van der Waals surface area contributed by atoms with Crippen LogP contribution < -0.4 is 10.6 Å². The van der Waals surface area contributed by atoms with Crippen LogP contribution in [0.2, 0.25) is 0 Å². The lowest BCUT2D eigenvalue weighted by Gasteiger charge is -2.36. The summed E-state index contributed by atoms with van der Waals surface area (Å²) in [6.45, 7) is 0.652. The van der Waals surface area contributed by atoms with Crippen molar-refractivity contribution in [2.75, 3.05) is 40.3 Å². The largest absolute Gasteiger partial charge is 0.480 e. The van der Waals surface area contributed by atoms with Crippen LogP contribution in [0.15, 0.2) is 0 Å². The van der Waals surface area contributed by atoms with Gasteiger partial charge in [-0.3, -0.25) is 9.59 Å². The summed E-state index contributed by atoms with van der Waals surface area (Å²) in [7, 11) is 3.96. The average molecular weight is 286 g/mol. The monoisotopic (exact) mass is 286 g/mol. The van der Waals surface area contributed by atoms with Gasteiger partial charge in [0.25, 0.3) is 0 Å². The van der Waals surface area contributed by atoms with Crippen molar-refractivity contribution in [1.29, 1.82) is 0 Å². The number of hydrogen-bond acceptors (Lipinski definition) is 4. The SMILES string of the molecule is CN(C)C1CCCN(C(=O)NCC(=O)NCC(=O)O)C1. The van der Waals surface area contributed by atoms with Crippen molar-refractivity contribution in [3.05, 3.63) is 0 Å². The van der Waals surface area contributed by atoms with E-state index in [4.69, 9.17) is 5.11 Å². The van der Waals surface area contributed by atoms with Crippen molar-refractivity contribution in [1.82, 2.24) is 20.4 Å². The van der Waals surface area contributed by atoms with Crippen LogP contribution in [0.1, 0.15) is 12.8 Å². The van der Waals surface area contributed by atoms with E-state index in [1.54, 1.807) is 4.90 Å². The Morgan fingerprint density at radius 3 is 2.55 bits per heavy atom. The minimum absolute atomic E-state index is 0.213. The normalized spacial score (nSPS) is 18.8. The zero-order valence-electron chi connectivity index (χ0n) is 11.9. The molecule has 1 aliphatic heterocycles. The van der Waals surface area contributed by atoms with Crippen LogP contribution in [0.3, 0.4) is 0 Å². The fraction of sp³-hybridized carbons (Fsp3) is 0.750. The number of piperidine rings is 1. The number of likely N-dealkylation sites (N-methyl/N-ethyl adjacent to an activating group) is 1. The minimum atomic E-state index is -1.12. The third-order valence-electron chi connectivity index (χ3n) is 3.25. The Balaban J connectivity index is 2.31. The first-order valence-electron chi connectivity index (χ1n) is 6.58. The molecule has 0 aromatic carbocycles. The minimum Gasteiger partial charge on any atom is -0.480 e. The highest BCUT2D eigenvalue weighted by Gasteiger charge is 2.24. The lowest BCUT2D eigenvalue weighted by molar-refractivity contribution is -0.137. The van der Waals surface area contributed by atoms with E-state index in [1.807, 2.05) is 14.1 Å². The van der Waals surface area contributed by atoms with Crippen LogP contribution in [0, 0.1) is 0 Å². The third kappa shape index (κ3) is 5.43. The number of urea groups is 1. The predicted octanol–water partition coefficient (Wildman–Crippen LogP) is -1.08. The summed E-state index contributed by atoms with van der Waals surface area (Å²) < 4.78 is 0. The van der Waals surface area contributed by atoms with E-state index >= 15 is 0 Å². The van der Waals surface area contributed by atoms with Gasteiger partial charge < -0.3 is 25.5 Å². The lowest BCUT2D eigenvalue weighted by atomic mass is 10.1. The van der Waals surface area contributed by atoms with Crippen LogP contribution in [-0.2, 0) is 9.59 Å². The smallest absolute Gasteiger partial charge is 0.322 e. The Hall–Kier alpha value is -1.83. The molecule has 1 unspecified atom stereocenters. The van der Waals surface area contributed by atoms with Gasteiger partial charge in [-0.25, -0.2) is 4.79 Å². The van der Waals surface area contributed by atoms with Gasteiger partial charge >= 0.3 is 12.0 Å². The molecular weight excluding hydrogens is 264 g/mol. The lowest BCUT2D eigenvalue weighted by Crippen LogP contribution is -2.52. The standard InChI is InChI=1S/C12H22N4O4/c1-15(2)9-4-3-5-16(8-9)12(20)14-6-10(17)13-7-11(18)19/h9H,3-8H2,1-2H3,(H,13,17)(H,14,20)(H,18,19). The molecule has 0 aromatic rings. The molecule has 8 heteroatoms. The molecule has 1 aliphatic rings. The molecule has 114 valence electrons. The molecule has 8 nitrogen and oxygen atoms in total. The number of carboxylic acid groups (broad SMARTS) is 1. The van der Waals surface area contributed by atoms with Crippen LogP contribution >= 0.6 is 0 Å². The number of carbonyl (C=O) groups excluding carboxylic acids is 2. The maximum Gasteiger partial charge on any atom is 0.322 e. The number of nitrogens with zero attached hydrogens (tertiary/aromatic N) is 2. The van der Waals surface area contributed by atoms with E-state index in [1.165, 1.54) is 0 Å². The molecule has 1 fully saturated rings. The van der Waals surface area contributed by atoms with Crippen molar-refractivity contribution < 1.29 is 19.5 Å². The van der Waals surface area contributed by atoms with Gasteiger partial charge in [0.15, 0.2) is 0 Å². The second-order valence-electron chi connectivity index (χ2n) is 5.03. The molecule has 0 saturated carbocycles. The summed E-state index contributed by atoms with van der Waals surface area (Å²) >= 11 is 0. The Labute approximate surface area is 118 Å². The van der Waals surface area contributed by atoms with Crippen LogP contribution in [0.25, 0.3) is 0 Å². The van der Waals surface area contributed by atoms with E-state index < -0.39 is 18.4 Å². The highest BCUT2D eigenvalue weighted by atomic mass is 16.4. The number of nitrogens with one attached hydrogen (secondary N) is 2. The summed E-state index contributed by atoms with van der Waals surface area (Å²) in [6, 6.07) is 0.0392. The summed E-state index contributed by atoms with van der Waals surface area (Å²) in [4.78, 5) is 37.2. The number of rotatable bonds is 5.